The van der Waals surface area contributed by atoms with Crippen LogP contribution in [0.5, 0.6) is 0 Å². The van der Waals surface area contributed by atoms with Crippen molar-refractivity contribution in [3.05, 3.63) is 17.8 Å². The van der Waals surface area contributed by atoms with Crippen molar-refractivity contribution in [1.82, 2.24) is 15.6 Å². The number of oxazole rings is 1. The Labute approximate surface area is 93.6 Å². The fourth-order valence-corrected chi connectivity index (χ4v) is 2.70. The molecule has 0 radical (unpaired) electrons. The number of hydrogen-bond acceptors (Lipinski definition) is 4. The Bertz CT molecular complexity index is 415. The van der Waals surface area contributed by atoms with Gasteiger partial charge in [0.1, 0.15) is 5.76 Å². The summed E-state index contributed by atoms with van der Waals surface area (Å²) in [5, 5.41) is 6.42. The zero-order valence-electron chi connectivity index (χ0n) is 9.19. The minimum atomic E-state index is -0.189. The van der Waals surface area contributed by atoms with Gasteiger partial charge in [0.25, 0.3) is 5.89 Å². The standard InChI is InChI=1S/C11H15N3O2/c1-6-4-13-11(16-6)10(15)14-9-3-8-2-7(9)5-12-8/h4,7-9,12H,2-3,5H2,1H3,(H,14,15). The third-order valence-electron chi connectivity index (χ3n) is 3.50. The van der Waals surface area contributed by atoms with Crippen LogP contribution in [0.4, 0.5) is 0 Å². The molecule has 86 valence electrons. The number of aryl methyl sites for hydroxylation is 1. The Balaban J connectivity index is 1.65. The van der Waals surface area contributed by atoms with Crippen LogP contribution in [0.2, 0.25) is 0 Å². The monoisotopic (exact) mass is 221 g/mol. The lowest BCUT2D eigenvalue weighted by molar-refractivity contribution is 0.0888. The van der Waals surface area contributed by atoms with Gasteiger partial charge in [0, 0.05) is 18.6 Å². The zero-order chi connectivity index (χ0) is 11.1. The van der Waals surface area contributed by atoms with Gasteiger partial charge in [-0.2, -0.15) is 0 Å². The molecule has 1 amide bonds. The van der Waals surface area contributed by atoms with Crippen LogP contribution in [0.1, 0.15) is 29.3 Å². The molecule has 0 spiro atoms. The second kappa shape index (κ2) is 3.59. The van der Waals surface area contributed by atoms with E-state index >= 15 is 0 Å². The van der Waals surface area contributed by atoms with Crippen molar-refractivity contribution in [3.8, 4) is 0 Å². The highest BCUT2D eigenvalue weighted by Gasteiger charge is 2.40. The van der Waals surface area contributed by atoms with Crippen molar-refractivity contribution < 1.29 is 9.21 Å². The van der Waals surface area contributed by atoms with E-state index in [1.807, 2.05) is 0 Å². The van der Waals surface area contributed by atoms with Gasteiger partial charge in [-0.1, -0.05) is 0 Å². The quantitative estimate of drug-likeness (QED) is 0.761. The van der Waals surface area contributed by atoms with Gasteiger partial charge in [-0.3, -0.25) is 4.79 Å². The summed E-state index contributed by atoms with van der Waals surface area (Å²) in [7, 11) is 0. The van der Waals surface area contributed by atoms with Gasteiger partial charge in [0.15, 0.2) is 0 Å². The molecule has 5 nitrogen and oxygen atoms in total. The summed E-state index contributed by atoms with van der Waals surface area (Å²) in [6.07, 6.45) is 3.77. The van der Waals surface area contributed by atoms with Crippen molar-refractivity contribution >= 4 is 5.91 Å². The van der Waals surface area contributed by atoms with Gasteiger partial charge < -0.3 is 15.1 Å². The van der Waals surface area contributed by atoms with Crippen molar-refractivity contribution in [1.29, 1.82) is 0 Å². The number of hydrogen-bond donors (Lipinski definition) is 2. The predicted octanol–water partition coefficient (Wildman–Crippen LogP) is 0.463. The third-order valence-corrected chi connectivity index (χ3v) is 3.50. The molecule has 5 heteroatoms. The van der Waals surface area contributed by atoms with Crippen molar-refractivity contribution in [2.24, 2.45) is 5.92 Å². The molecule has 1 saturated heterocycles. The lowest BCUT2D eigenvalue weighted by atomic mass is 10.0. The lowest BCUT2D eigenvalue weighted by Gasteiger charge is -2.22. The maximum Gasteiger partial charge on any atom is 0.307 e. The molecule has 2 N–H and O–H groups in total. The minimum absolute atomic E-state index is 0.174. The van der Waals surface area contributed by atoms with E-state index in [1.54, 1.807) is 13.1 Å². The zero-order valence-corrected chi connectivity index (χ0v) is 9.19. The average Bonchev–Trinajstić information content (AvgIpc) is 2.92. The fourth-order valence-electron chi connectivity index (χ4n) is 2.70. The Morgan fingerprint density at radius 3 is 3.06 bits per heavy atom. The normalized spacial score (nSPS) is 31.9. The van der Waals surface area contributed by atoms with Gasteiger partial charge in [0.05, 0.1) is 6.20 Å². The van der Waals surface area contributed by atoms with Gasteiger partial charge in [0.2, 0.25) is 0 Å². The average molecular weight is 221 g/mol. The topological polar surface area (TPSA) is 67.2 Å². The second-order valence-corrected chi connectivity index (χ2v) is 4.69. The number of aromatic nitrogens is 1. The van der Waals surface area contributed by atoms with Crippen molar-refractivity contribution in [3.63, 3.8) is 0 Å². The van der Waals surface area contributed by atoms with E-state index in [0.29, 0.717) is 17.7 Å². The molecule has 1 aliphatic heterocycles. The number of carbonyl (C=O) groups excluding carboxylic acids is 1. The number of fused-ring (bicyclic) bond motifs is 2. The largest absolute Gasteiger partial charge is 0.438 e. The minimum Gasteiger partial charge on any atom is -0.438 e. The summed E-state index contributed by atoms with van der Waals surface area (Å²) in [5.41, 5.74) is 0. The number of amides is 1. The SMILES string of the molecule is Cc1cnc(C(=O)NC2CC3CC2CN3)o1. The maximum absolute atomic E-state index is 11.8. The van der Waals surface area contributed by atoms with E-state index in [1.165, 1.54) is 6.42 Å². The summed E-state index contributed by atoms with van der Waals surface area (Å²) < 4.78 is 5.20. The molecule has 2 aliphatic rings. The molecule has 16 heavy (non-hydrogen) atoms. The summed E-state index contributed by atoms with van der Waals surface area (Å²) in [6.45, 7) is 2.80. The first-order valence-corrected chi connectivity index (χ1v) is 5.69. The van der Waals surface area contributed by atoms with Gasteiger partial charge in [-0.15, -0.1) is 0 Å². The van der Waals surface area contributed by atoms with Crippen LogP contribution < -0.4 is 10.6 Å². The van der Waals surface area contributed by atoms with Gasteiger partial charge >= 0.3 is 5.91 Å². The lowest BCUT2D eigenvalue weighted by Crippen LogP contribution is -2.44. The fraction of sp³-hybridized carbons (Fsp3) is 0.636. The summed E-state index contributed by atoms with van der Waals surface area (Å²) >= 11 is 0. The Morgan fingerprint density at radius 2 is 2.50 bits per heavy atom. The first kappa shape index (κ1) is 9.84. The number of carbonyl (C=O) groups is 1. The van der Waals surface area contributed by atoms with Crippen LogP contribution in [0, 0.1) is 12.8 Å². The summed E-state index contributed by atoms with van der Waals surface area (Å²) in [6, 6.07) is 0.868. The molecule has 1 saturated carbocycles. The molecular weight excluding hydrogens is 206 g/mol. The van der Waals surface area contributed by atoms with Crippen LogP contribution in [0.25, 0.3) is 0 Å². The van der Waals surface area contributed by atoms with Crippen LogP contribution in [-0.2, 0) is 0 Å². The molecule has 3 rings (SSSR count). The highest BCUT2D eigenvalue weighted by molar-refractivity contribution is 5.89. The molecule has 3 atom stereocenters. The van der Waals surface area contributed by atoms with Crippen LogP contribution >= 0.6 is 0 Å². The van der Waals surface area contributed by atoms with Gasteiger partial charge in [-0.25, -0.2) is 4.98 Å². The molecule has 1 aromatic rings. The van der Waals surface area contributed by atoms with E-state index in [2.05, 4.69) is 15.6 Å². The maximum atomic E-state index is 11.8. The predicted molar refractivity (Wildman–Crippen MR) is 57.0 cm³/mol. The van der Waals surface area contributed by atoms with E-state index in [4.69, 9.17) is 4.42 Å². The highest BCUT2D eigenvalue weighted by atomic mass is 16.4. The molecule has 2 heterocycles. The Hall–Kier alpha value is -1.36. The third kappa shape index (κ3) is 1.61. The van der Waals surface area contributed by atoms with E-state index in [0.717, 1.165) is 13.0 Å². The van der Waals surface area contributed by atoms with E-state index in [9.17, 15) is 4.79 Å². The van der Waals surface area contributed by atoms with Crippen LogP contribution in [0.3, 0.4) is 0 Å². The first-order valence-electron chi connectivity index (χ1n) is 5.69. The highest BCUT2D eigenvalue weighted by Crippen LogP contribution is 2.31. The number of rotatable bonds is 2. The molecule has 2 bridgehead atoms. The molecule has 3 unspecified atom stereocenters. The van der Waals surface area contributed by atoms with Crippen molar-refractivity contribution in [2.75, 3.05) is 6.54 Å². The molecule has 0 aromatic carbocycles. The number of piperidine rings is 1. The first-order chi connectivity index (χ1) is 7.72. The number of nitrogens with one attached hydrogen (secondary N) is 2. The Morgan fingerprint density at radius 1 is 1.62 bits per heavy atom. The van der Waals surface area contributed by atoms with Crippen molar-refractivity contribution in [2.45, 2.75) is 31.8 Å². The smallest absolute Gasteiger partial charge is 0.307 e. The van der Waals surface area contributed by atoms with Crippen LogP contribution in [0.15, 0.2) is 10.6 Å². The summed E-state index contributed by atoms with van der Waals surface area (Å²) in [4.78, 5) is 15.7. The van der Waals surface area contributed by atoms with E-state index in [-0.39, 0.29) is 17.8 Å². The molecule has 2 fully saturated rings. The molecule has 1 aromatic heterocycles. The van der Waals surface area contributed by atoms with E-state index < -0.39 is 0 Å². The number of nitrogens with zero attached hydrogens (tertiary/aromatic N) is 1. The van der Waals surface area contributed by atoms with Crippen LogP contribution in [-0.4, -0.2) is 29.5 Å². The molecular formula is C11H15N3O2. The second-order valence-electron chi connectivity index (χ2n) is 4.69. The van der Waals surface area contributed by atoms with Gasteiger partial charge in [-0.05, 0) is 25.7 Å². The summed E-state index contributed by atoms with van der Waals surface area (Å²) in [5.74, 6) is 1.23. The Kier molecular flexibility index (Phi) is 2.21. The molecule has 1 aliphatic carbocycles.